The zero-order chi connectivity index (χ0) is 22.8. The topological polar surface area (TPSA) is 110 Å². The van der Waals surface area contributed by atoms with E-state index in [1.807, 2.05) is 0 Å². The fourth-order valence-corrected chi connectivity index (χ4v) is 3.90. The summed E-state index contributed by atoms with van der Waals surface area (Å²) in [6.07, 6.45) is 0.974. The predicted octanol–water partition coefficient (Wildman–Crippen LogP) is 2.56. The minimum absolute atomic E-state index is 0.0544. The van der Waals surface area contributed by atoms with Gasteiger partial charge in [0.05, 0.1) is 9.82 Å². The van der Waals surface area contributed by atoms with Crippen LogP contribution in [0.25, 0.3) is 0 Å². The van der Waals surface area contributed by atoms with E-state index in [9.17, 15) is 32.1 Å². The van der Waals surface area contributed by atoms with Gasteiger partial charge in [0.25, 0.3) is 11.6 Å². The molecule has 1 fully saturated rings. The summed E-state index contributed by atoms with van der Waals surface area (Å²) in [5.74, 6) is -0.355. The number of nitro groups is 1. The van der Waals surface area contributed by atoms with Gasteiger partial charge in [-0.25, -0.2) is 8.42 Å². The molecule has 166 valence electrons. The Morgan fingerprint density at radius 1 is 1.10 bits per heavy atom. The molecule has 2 aromatic carbocycles. The van der Waals surface area contributed by atoms with Crippen molar-refractivity contribution in [1.82, 2.24) is 4.90 Å². The van der Waals surface area contributed by atoms with Gasteiger partial charge in [-0.15, -0.1) is 0 Å². The van der Waals surface area contributed by atoms with Crippen molar-refractivity contribution in [1.29, 1.82) is 0 Å². The van der Waals surface area contributed by atoms with E-state index in [1.165, 1.54) is 36.4 Å². The number of rotatable bonds is 6. The van der Waals surface area contributed by atoms with Crippen LogP contribution in [-0.4, -0.2) is 63.2 Å². The van der Waals surface area contributed by atoms with Crippen LogP contribution < -0.4 is 9.64 Å². The van der Waals surface area contributed by atoms with Gasteiger partial charge >= 0.3 is 6.61 Å². The number of carbonyl (C=O) groups excluding carboxylic acids is 1. The number of piperazine rings is 1. The second-order valence-electron chi connectivity index (χ2n) is 6.86. The minimum atomic E-state index is -3.59. The van der Waals surface area contributed by atoms with Crippen molar-refractivity contribution >= 4 is 27.1 Å². The molecule has 0 radical (unpaired) electrons. The Morgan fingerprint density at radius 3 is 2.23 bits per heavy atom. The van der Waals surface area contributed by atoms with Gasteiger partial charge in [-0.05, 0) is 36.4 Å². The predicted molar refractivity (Wildman–Crippen MR) is 107 cm³/mol. The molecule has 0 aromatic heterocycles. The zero-order valence-corrected chi connectivity index (χ0v) is 17.2. The standard InChI is InChI=1S/C19H19F2N3O6S/c1-31(28,29)15-6-7-16(17(12-15)24(26)27)22-8-10-23(11-9-22)18(25)13-2-4-14(5-3-13)30-19(20)21/h2-7,12,19H,8-11H2,1H3. The molecule has 0 spiro atoms. The monoisotopic (exact) mass is 455 g/mol. The van der Waals surface area contributed by atoms with Crippen LogP contribution in [0.15, 0.2) is 47.4 Å². The van der Waals surface area contributed by atoms with Gasteiger partial charge < -0.3 is 14.5 Å². The van der Waals surface area contributed by atoms with Crippen molar-refractivity contribution in [2.75, 3.05) is 37.3 Å². The first-order valence-electron chi connectivity index (χ1n) is 9.14. The summed E-state index contributed by atoms with van der Waals surface area (Å²) in [6.45, 7) is -1.79. The molecule has 0 aliphatic carbocycles. The van der Waals surface area contributed by atoms with E-state index in [2.05, 4.69) is 4.74 Å². The van der Waals surface area contributed by atoms with Crippen LogP contribution in [0, 0.1) is 10.1 Å². The number of amides is 1. The molecule has 0 bridgehead atoms. The van der Waals surface area contributed by atoms with Crippen molar-refractivity contribution < 1.29 is 31.7 Å². The molecule has 1 amide bonds. The number of alkyl halides is 2. The third kappa shape index (κ3) is 5.26. The van der Waals surface area contributed by atoms with Gasteiger partial charge in [0.1, 0.15) is 11.4 Å². The summed E-state index contributed by atoms with van der Waals surface area (Å²) in [7, 11) is -3.59. The highest BCUT2D eigenvalue weighted by atomic mass is 32.2. The van der Waals surface area contributed by atoms with Crippen LogP contribution in [0.4, 0.5) is 20.2 Å². The van der Waals surface area contributed by atoms with Crippen molar-refractivity contribution in [3.63, 3.8) is 0 Å². The average molecular weight is 455 g/mol. The highest BCUT2D eigenvalue weighted by Gasteiger charge is 2.27. The van der Waals surface area contributed by atoms with E-state index in [1.54, 1.807) is 9.80 Å². The number of ether oxygens (including phenoxy) is 1. The largest absolute Gasteiger partial charge is 0.435 e. The molecule has 1 aliphatic heterocycles. The van der Waals surface area contributed by atoms with Crippen molar-refractivity contribution in [3.8, 4) is 5.75 Å². The maximum Gasteiger partial charge on any atom is 0.387 e. The van der Waals surface area contributed by atoms with E-state index < -0.39 is 21.4 Å². The number of nitrogens with zero attached hydrogens (tertiary/aromatic N) is 3. The van der Waals surface area contributed by atoms with Gasteiger partial charge in [0.2, 0.25) is 0 Å². The number of hydrogen-bond acceptors (Lipinski definition) is 7. The molecule has 1 aliphatic rings. The highest BCUT2D eigenvalue weighted by molar-refractivity contribution is 7.90. The number of carbonyl (C=O) groups is 1. The number of nitro benzene ring substituents is 1. The van der Waals surface area contributed by atoms with Crippen LogP contribution in [0.2, 0.25) is 0 Å². The lowest BCUT2D eigenvalue weighted by Gasteiger charge is -2.36. The quantitative estimate of drug-likeness (QED) is 0.486. The van der Waals surface area contributed by atoms with Crippen LogP contribution in [0.1, 0.15) is 10.4 Å². The fraction of sp³-hybridized carbons (Fsp3) is 0.316. The summed E-state index contributed by atoms with van der Waals surface area (Å²) >= 11 is 0. The second kappa shape index (κ2) is 8.84. The third-order valence-electron chi connectivity index (χ3n) is 4.81. The second-order valence-corrected chi connectivity index (χ2v) is 8.88. The lowest BCUT2D eigenvalue weighted by atomic mass is 10.1. The highest BCUT2D eigenvalue weighted by Crippen LogP contribution is 2.31. The number of anilines is 1. The van der Waals surface area contributed by atoms with E-state index in [0.717, 1.165) is 12.3 Å². The van der Waals surface area contributed by atoms with E-state index in [-0.39, 0.29) is 41.0 Å². The fourth-order valence-electron chi connectivity index (χ4n) is 3.26. The molecule has 12 heteroatoms. The lowest BCUT2D eigenvalue weighted by molar-refractivity contribution is -0.384. The summed E-state index contributed by atoms with van der Waals surface area (Å²) in [5.41, 5.74) is 0.258. The SMILES string of the molecule is CS(=O)(=O)c1ccc(N2CCN(C(=O)c3ccc(OC(F)F)cc3)CC2)c([N+](=O)[O-])c1. The average Bonchev–Trinajstić information content (AvgIpc) is 2.72. The zero-order valence-electron chi connectivity index (χ0n) is 16.4. The van der Waals surface area contributed by atoms with Gasteiger partial charge in [0, 0.05) is 44.1 Å². The summed E-state index contributed by atoms with van der Waals surface area (Å²) in [5, 5.41) is 11.5. The van der Waals surface area contributed by atoms with Gasteiger partial charge in [-0.3, -0.25) is 14.9 Å². The Hall–Kier alpha value is -3.28. The smallest absolute Gasteiger partial charge is 0.387 e. The van der Waals surface area contributed by atoms with E-state index >= 15 is 0 Å². The molecule has 3 rings (SSSR count). The molecular weight excluding hydrogens is 436 g/mol. The Kier molecular flexibility index (Phi) is 6.39. The van der Waals surface area contributed by atoms with Crippen LogP contribution >= 0.6 is 0 Å². The maximum absolute atomic E-state index is 12.7. The Bertz CT molecular complexity index is 1080. The molecule has 9 nitrogen and oxygen atoms in total. The third-order valence-corrected chi connectivity index (χ3v) is 5.92. The van der Waals surface area contributed by atoms with Gasteiger partial charge in [-0.2, -0.15) is 8.78 Å². The first kappa shape index (κ1) is 22.4. The summed E-state index contributed by atoms with van der Waals surface area (Å²) in [4.78, 5) is 26.6. The molecular formula is C19H19F2N3O6S. The minimum Gasteiger partial charge on any atom is -0.435 e. The normalized spacial score (nSPS) is 14.6. The first-order chi connectivity index (χ1) is 14.6. The van der Waals surface area contributed by atoms with Crippen molar-refractivity contribution in [2.45, 2.75) is 11.5 Å². The molecule has 1 saturated heterocycles. The van der Waals surface area contributed by atoms with E-state index in [0.29, 0.717) is 18.7 Å². The van der Waals surface area contributed by atoms with Gasteiger partial charge in [0.15, 0.2) is 9.84 Å². The molecule has 0 saturated carbocycles. The maximum atomic E-state index is 12.7. The van der Waals surface area contributed by atoms with Crippen LogP contribution in [0.3, 0.4) is 0 Å². The molecule has 0 atom stereocenters. The number of hydrogen-bond donors (Lipinski definition) is 0. The number of halogens is 2. The van der Waals surface area contributed by atoms with E-state index in [4.69, 9.17) is 0 Å². The Morgan fingerprint density at radius 2 is 1.71 bits per heavy atom. The molecule has 0 N–H and O–H groups in total. The van der Waals surface area contributed by atoms with Crippen molar-refractivity contribution in [2.24, 2.45) is 0 Å². The summed E-state index contributed by atoms with van der Waals surface area (Å²) < 4.78 is 52.1. The Labute approximate surface area is 176 Å². The van der Waals surface area contributed by atoms with Crippen LogP contribution in [-0.2, 0) is 9.84 Å². The lowest BCUT2D eigenvalue weighted by Crippen LogP contribution is -2.49. The number of sulfone groups is 1. The molecule has 1 heterocycles. The number of benzene rings is 2. The molecule has 2 aromatic rings. The molecule has 31 heavy (non-hydrogen) atoms. The van der Waals surface area contributed by atoms with Gasteiger partial charge in [-0.1, -0.05) is 0 Å². The first-order valence-corrected chi connectivity index (χ1v) is 11.0. The van der Waals surface area contributed by atoms with Crippen molar-refractivity contribution in [3.05, 3.63) is 58.1 Å². The Balaban J connectivity index is 1.70. The van der Waals surface area contributed by atoms with Crippen LogP contribution in [0.5, 0.6) is 5.75 Å². The summed E-state index contributed by atoms with van der Waals surface area (Å²) in [6, 6.07) is 9.09. The molecule has 0 unspecified atom stereocenters.